The summed E-state index contributed by atoms with van der Waals surface area (Å²) in [5, 5.41) is 2.56. The standard InChI is InChI=1S/C19H19NO4/c1-23-18(21)10-11-20-19(22)24-12-17-15-8-4-2-6-13(15)14-7-3-5-9-16(14)17/h2-9,17H,10-12H2,1H3,(H,20,22). The van der Waals surface area contributed by atoms with Crippen molar-refractivity contribution in [3.05, 3.63) is 59.7 Å². The second-order valence-corrected chi connectivity index (χ2v) is 5.58. The topological polar surface area (TPSA) is 64.6 Å². The summed E-state index contributed by atoms with van der Waals surface area (Å²) in [7, 11) is 1.32. The van der Waals surface area contributed by atoms with E-state index >= 15 is 0 Å². The van der Waals surface area contributed by atoms with E-state index in [0.29, 0.717) is 0 Å². The third kappa shape index (κ3) is 3.25. The van der Waals surface area contributed by atoms with Gasteiger partial charge in [0, 0.05) is 12.5 Å². The molecule has 0 atom stereocenters. The van der Waals surface area contributed by atoms with Gasteiger partial charge in [0.05, 0.1) is 13.5 Å². The molecule has 1 aliphatic carbocycles. The molecule has 24 heavy (non-hydrogen) atoms. The van der Waals surface area contributed by atoms with E-state index in [1.165, 1.54) is 29.4 Å². The van der Waals surface area contributed by atoms with Crippen LogP contribution in [-0.4, -0.2) is 32.3 Å². The highest BCUT2D eigenvalue weighted by Gasteiger charge is 2.28. The van der Waals surface area contributed by atoms with Crippen molar-refractivity contribution in [1.82, 2.24) is 5.32 Å². The molecule has 0 fully saturated rings. The fraction of sp³-hybridized carbons (Fsp3) is 0.263. The Kier molecular flexibility index (Phi) is 4.79. The number of hydrogen-bond acceptors (Lipinski definition) is 4. The molecule has 1 N–H and O–H groups in total. The van der Waals surface area contributed by atoms with Gasteiger partial charge in [-0.1, -0.05) is 48.5 Å². The lowest BCUT2D eigenvalue weighted by Gasteiger charge is -2.14. The van der Waals surface area contributed by atoms with Crippen molar-refractivity contribution in [2.75, 3.05) is 20.3 Å². The predicted octanol–water partition coefficient (Wildman–Crippen LogP) is 3.09. The second kappa shape index (κ2) is 7.17. The van der Waals surface area contributed by atoms with Crippen LogP contribution in [-0.2, 0) is 14.3 Å². The number of benzene rings is 2. The van der Waals surface area contributed by atoms with Crippen molar-refractivity contribution < 1.29 is 19.1 Å². The van der Waals surface area contributed by atoms with Gasteiger partial charge in [-0.2, -0.15) is 0 Å². The Labute approximate surface area is 140 Å². The molecule has 0 saturated heterocycles. The molecule has 124 valence electrons. The van der Waals surface area contributed by atoms with E-state index in [0.717, 1.165) is 0 Å². The largest absolute Gasteiger partial charge is 0.469 e. The summed E-state index contributed by atoms with van der Waals surface area (Å²) < 4.78 is 9.87. The van der Waals surface area contributed by atoms with Gasteiger partial charge >= 0.3 is 12.1 Å². The highest BCUT2D eigenvalue weighted by molar-refractivity contribution is 5.79. The third-order valence-electron chi connectivity index (χ3n) is 4.17. The summed E-state index contributed by atoms with van der Waals surface area (Å²) in [5.41, 5.74) is 4.71. The molecule has 0 bridgehead atoms. The van der Waals surface area contributed by atoms with Gasteiger partial charge in [0.2, 0.25) is 0 Å². The highest BCUT2D eigenvalue weighted by atomic mass is 16.5. The van der Waals surface area contributed by atoms with E-state index in [-0.39, 0.29) is 31.5 Å². The first-order chi connectivity index (χ1) is 11.7. The van der Waals surface area contributed by atoms with Crippen LogP contribution in [0.1, 0.15) is 23.5 Å². The molecule has 1 aliphatic rings. The number of amides is 1. The second-order valence-electron chi connectivity index (χ2n) is 5.58. The Hall–Kier alpha value is -2.82. The van der Waals surface area contributed by atoms with E-state index in [9.17, 15) is 9.59 Å². The highest BCUT2D eigenvalue weighted by Crippen LogP contribution is 2.44. The fourth-order valence-electron chi connectivity index (χ4n) is 3.02. The number of alkyl carbamates (subject to hydrolysis) is 1. The van der Waals surface area contributed by atoms with Gasteiger partial charge in [0.25, 0.3) is 0 Å². The van der Waals surface area contributed by atoms with Crippen molar-refractivity contribution in [3.8, 4) is 11.1 Å². The summed E-state index contributed by atoms with van der Waals surface area (Å²) in [6.07, 6.45) is -0.401. The van der Waals surface area contributed by atoms with Crippen LogP contribution in [0.2, 0.25) is 0 Å². The summed E-state index contributed by atoms with van der Waals surface area (Å²) in [6, 6.07) is 16.3. The first kappa shape index (κ1) is 16.1. The molecule has 0 heterocycles. The summed E-state index contributed by atoms with van der Waals surface area (Å²) in [6.45, 7) is 0.460. The maximum Gasteiger partial charge on any atom is 0.407 e. The van der Waals surface area contributed by atoms with Gasteiger partial charge in [-0.05, 0) is 22.3 Å². The summed E-state index contributed by atoms with van der Waals surface area (Å²) in [4.78, 5) is 22.8. The zero-order chi connectivity index (χ0) is 16.9. The van der Waals surface area contributed by atoms with Crippen molar-refractivity contribution in [2.45, 2.75) is 12.3 Å². The van der Waals surface area contributed by atoms with Crippen LogP contribution < -0.4 is 5.32 Å². The van der Waals surface area contributed by atoms with Crippen LogP contribution in [0.5, 0.6) is 0 Å². The molecule has 2 aromatic rings. The fourth-order valence-corrected chi connectivity index (χ4v) is 3.02. The van der Waals surface area contributed by atoms with Crippen LogP contribution in [0, 0.1) is 0 Å². The first-order valence-corrected chi connectivity index (χ1v) is 7.86. The van der Waals surface area contributed by atoms with Crippen LogP contribution in [0.25, 0.3) is 11.1 Å². The van der Waals surface area contributed by atoms with Gasteiger partial charge in [-0.15, -0.1) is 0 Å². The number of ether oxygens (including phenoxy) is 2. The zero-order valence-corrected chi connectivity index (χ0v) is 13.5. The monoisotopic (exact) mass is 325 g/mol. The molecule has 2 aromatic carbocycles. The number of fused-ring (bicyclic) bond motifs is 3. The molecule has 5 heteroatoms. The molecule has 5 nitrogen and oxygen atoms in total. The Bertz CT molecular complexity index is 711. The van der Waals surface area contributed by atoms with Gasteiger partial charge in [-0.3, -0.25) is 4.79 Å². The van der Waals surface area contributed by atoms with Crippen molar-refractivity contribution in [2.24, 2.45) is 0 Å². The van der Waals surface area contributed by atoms with Gasteiger partial charge in [-0.25, -0.2) is 4.79 Å². The normalized spacial score (nSPS) is 12.2. The number of carbonyl (C=O) groups is 2. The minimum atomic E-state index is -0.527. The minimum absolute atomic E-state index is 0.0313. The Balaban J connectivity index is 1.63. The molecule has 1 amide bonds. The van der Waals surface area contributed by atoms with E-state index in [1.807, 2.05) is 24.3 Å². The Morgan fingerprint density at radius 2 is 1.58 bits per heavy atom. The van der Waals surface area contributed by atoms with Crippen LogP contribution in [0.3, 0.4) is 0 Å². The van der Waals surface area contributed by atoms with E-state index in [2.05, 4.69) is 34.3 Å². The van der Waals surface area contributed by atoms with Crippen molar-refractivity contribution in [3.63, 3.8) is 0 Å². The molecule has 0 spiro atoms. The van der Waals surface area contributed by atoms with E-state index in [1.54, 1.807) is 0 Å². The quantitative estimate of drug-likeness (QED) is 0.858. The number of rotatable bonds is 5. The van der Waals surface area contributed by atoms with E-state index < -0.39 is 6.09 Å². The minimum Gasteiger partial charge on any atom is -0.469 e. The van der Waals surface area contributed by atoms with E-state index in [4.69, 9.17) is 4.74 Å². The van der Waals surface area contributed by atoms with Gasteiger partial charge in [0.1, 0.15) is 6.61 Å². The van der Waals surface area contributed by atoms with Crippen molar-refractivity contribution >= 4 is 12.1 Å². The molecule has 0 aliphatic heterocycles. The molecule has 0 radical (unpaired) electrons. The maximum atomic E-state index is 11.8. The number of methoxy groups -OCH3 is 1. The van der Waals surface area contributed by atoms with Crippen molar-refractivity contribution in [1.29, 1.82) is 0 Å². The molecule has 0 aromatic heterocycles. The molecular weight excluding hydrogens is 306 g/mol. The number of esters is 1. The number of carbonyl (C=O) groups excluding carboxylic acids is 2. The maximum absolute atomic E-state index is 11.8. The molecular formula is C19H19NO4. The lowest BCUT2D eigenvalue weighted by Crippen LogP contribution is -2.28. The molecule has 0 unspecified atom stereocenters. The smallest absolute Gasteiger partial charge is 0.407 e. The third-order valence-corrected chi connectivity index (χ3v) is 4.17. The van der Waals surface area contributed by atoms with Gasteiger partial charge < -0.3 is 14.8 Å². The van der Waals surface area contributed by atoms with Crippen LogP contribution in [0.4, 0.5) is 4.79 Å². The lowest BCUT2D eigenvalue weighted by molar-refractivity contribution is -0.140. The number of nitrogens with one attached hydrogen (secondary N) is 1. The van der Waals surface area contributed by atoms with Gasteiger partial charge in [0.15, 0.2) is 0 Å². The van der Waals surface area contributed by atoms with Crippen LogP contribution in [0.15, 0.2) is 48.5 Å². The lowest BCUT2D eigenvalue weighted by atomic mass is 9.98. The first-order valence-electron chi connectivity index (χ1n) is 7.86. The zero-order valence-electron chi connectivity index (χ0n) is 13.5. The Morgan fingerprint density at radius 3 is 2.17 bits per heavy atom. The Morgan fingerprint density at radius 1 is 1.00 bits per heavy atom. The molecule has 3 rings (SSSR count). The predicted molar refractivity (Wildman–Crippen MR) is 89.7 cm³/mol. The SMILES string of the molecule is COC(=O)CCNC(=O)OCC1c2ccccc2-c2ccccc21. The average Bonchev–Trinajstić information content (AvgIpc) is 2.94. The summed E-state index contributed by atoms with van der Waals surface area (Å²) >= 11 is 0. The molecule has 0 saturated carbocycles. The average molecular weight is 325 g/mol. The summed E-state index contributed by atoms with van der Waals surface area (Å²) in [5.74, 6) is -0.335. The van der Waals surface area contributed by atoms with Crippen LogP contribution >= 0.6 is 0 Å². The number of hydrogen-bond donors (Lipinski definition) is 1.